The molecular weight excluding hydrogens is 405 g/mol. The summed E-state index contributed by atoms with van der Waals surface area (Å²) >= 11 is 5.77. The molecule has 11 heteroatoms. The van der Waals surface area contributed by atoms with Gasteiger partial charge in [-0.15, -0.1) is 0 Å². The van der Waals surface area contributed by atoms with Crippen molar-refractivity contribution < 1.29 is 34.2 Å². The van der Waals surface area contributed by atoms with Crippen molar-refractivity contribution in [3.05, 3.63) is 53.1 Å². The third kappa shape index (κ3) is 4.65. The van der Waals surface area contributed by atoms with E-state index in [1.54, 1.807) is 0 Å². The van der Waals surface area contributed by atoms with Crippen LogP contribution in [0.4, 0.5) is 13.2 Å². The van der Waals surface area contributed by atoms with E-state index in [-0.39, 0.29) is 9.92 Å². The van der Waals surface area contributed by atoms with E-state index in [1.807, 2.05) is 0 Å². The summed E-state index contributed by atoms with van der Waals surface area (Å²) in [5.74, 6) is -0.587. The van der Waals surface area contributed by atoms with Gasteiger partial charge in [-0.3, -0.25) is 0 Å². The predicted molar refractivity (Wildman–Crippen MR) is 83.8 cm³/mol. The summed E-state index contributed by atoms with van der Waals surface area (Å²) in [5.41, 5.74) is -1.10. The molecule has 0 aliphatic rings. The summed E-state index contributed by atoms with van der Waals surface area (Å²) in [4.78, 5) is -1.00. The highest BCUT2D eigenvalue weighted by Gasteiger charge is 2.31. The zero-order valence-corrected chi connectivity index (χ0v) is 14.8. The van der Waals surface area contributed by atoms with Gasteiger partial charge in [0.15, 0.2) is 9.84 Å². The molecule has 0 aliphatic heterocycles. The van der Waals surface area contributed by atoms with Gasteiger partial charge in [-0.05, 0) is 36.4 Å². The molecule has 0 fully saturated rings. The second kappa shape index (κ2) is 6.50. The Labute approximate surface area is 147 Å². The first kappa shape index (κ1) is 19.5. The number of alkyl halides is 3. The number of benzene rings is 2. The molecule has 0 heterocycles. The summed E-state index contributed by atoms with van der Waals surface area (Å²) in [6.45, 7) is 0. The third-order valence-corrected chi connectivity index (χ3v) is 5.81. The van der Waals surface area contributed by atoms with Crippen LogP contribution in [0.25, 0.3) is 0 Å². The molecule has 136 valence electrons. The highest BCUT2D eigenvalue weighted by molar-refractivity contribution is 7.90. The predicted octanol–water partition coefficient (Wildman–Crippen LogP) is 3.53. The third-order valence-electron chi connectivity index (χ3n) is 2.97. The van der Waals surface area contributed by atoms with Gasteiger partial charge in [0.25, 0.3) is 0 Å². The maximum atomic E-state index is 12.7. The smallest absolute Gasteiger partial charge is 0.379 e. The lowest BCUT2D eigenvalue weighted by Gasteiger charge is -2.11. The topological polar surface area (TPSA) is 77.5 Å². The molecule has 0 saturated heterocycles. The van der Waals surface area contributed by atoms with Gasteiger partial charge in [-0.2, -0.15) is 21.6 Å². The average molecular weight is 415 g/mol. The Kier molecular flexibility index (Phi) is 5.08. The Morgan fingerprint density at radius 1 is 1.00 bits per heavy atom. The number of sulfone groups is 1. The van der Waals surface area contributed by atoms with Crippen molar-refractivity contribution in [3.8, 4) is 5.75 Å². The Balaban J connectivity index is 2.47. The average Bonchev–Trinajstić information content (AvgIpc) is 2.45. The Morgan fingerprint density at radius 2 is 1.64 bits per heavy atom. The number of hydrogen-bond donors (Lipinski definition) is 0. The summed E-state index contributed by atoms with van der Waals surface area (Å²) in [5, 5.41) is -0.334. The summed E-state index contributed by atoms with van der Waals surface area (Å²) in [6.07, 6.45) is -3.82. The van der Waals surface area contributed by atoms with Crippen LogP contribution in [0.5, 0.6) is 5.75 Å². The van der Waals surface area contributed by atoms with Crippen LogP contribution in [-0.2, 0) is 26.1 Å². The first-order valence-electron chi connectivity index (χ1n) is 6.42. The molecule has 0 radical (unpaired) electrons. The highest BCUT2D eigenvalue weighted by Crippen LogP contribution is 2.33. The van der Waals surface area contributed by atoms with E-state index in [0.717, 1.165) is 42.7 Å². The maximum Gasteiger partial charge on any atom is 0.416 e. The van der Waals surface area contributed by atoms with Gasteiger partial charge in [0.1, 0.15) is 10.6 Å². The molecule has 0 aliphatic carbocycles. The molecule has 0 spiro atoms. The number of rotatable bonds is 4. The van der Waals surface area contributed by atoms with E-state index in [0.29, 0.717) is 6.07 Å². The van der Waals surface area contributed by atoms with E-state index in [1.165, 1.54) is 0 Å². The van der Waals surface area contributed by atoms with Crippen LogP contribution < -0.4 is 4.18 Å². The number of hydrogen-bond acceptors (Lipinski definition) is 5. The second-order valence-electron chi connectivity index (χ2n) is 4.93. The van der Waals surface area contributed by atoms with Crippen LogP contribution in [0, 0.1) is 0 Å². The minimum absolute atomic E-state index is 0.330. The largest absolute Gasteiger partial charge is 0.416 e. The Morgan fingerprint density at radius 3 is 2.20 bits per heavy atom. The van der Waals surface area contributed by atoms with E-state index < -0.39 is 42.3 Å². The van der Waals surface area contributed by atoms with Crippen molar-refractivity contribution in [2.45, 2.75) is 16.0 Å². The molecular formula is C14H10ClF3O5S2. The molecule has 2 rings (SSSR count). The molecule has 0 saturated carbocycles. The molecule has 2 aromatic carbocycles. The summed E-state index contributed by atoms with van der Waals surface area (Å²) in [7, 11) is -8.38. The first-order chi connectivity index (χ1) is 11.3. The molecule has 5 nitrogen and oxygen atoms in total. The van der Waals surface area contributed by atoms with Gasteiger partial charge in [0.2, 0.25) is 0 Å². The van der Waals surface area contributed by atoms with Crippen molar-refractivity contribution >= 4 is 31.6 Å². The Bertz CT molecular complexity index is 1020. The lowest BCUT2D eigenvalue weighted by molar-refractivity contribution is -0.137. The standard InChI is InChI=1S/C14H10ClF3O5S2/c1-24(19,20)11-5-6-12(15)13(8-11)25(21,22)23-10-4-2-3-9(7-10)14(16,17)18/h2-8H,1H3. The zero-order chi connectivity index (χ0) is 19.0. The maximum absolute atomic E-state index is 12.7. The lowest BCUT2D eigenvalue weighted by atomic mass is 10.2. The van der Waals surface area contributed by atoms with Gasteiger partial charge in [0.05, 0.1) is 15.5 Å². The van der Waals surface area contributed by atoms with Crippen LogP contribution in [0.3, 0.4) is 0 Å². The fourth-order valence-corrected chi connectivity index (χ4v) is 3.95. The molecule has 0 aromatic heterocycles. The quantitative estimate of drug-likeness (QED) is 0.715. The SMILES string of the molecule is CS(=O)(=O)c1ccc(Cl)c(S(=O)(=O)Oc2cccc(C(F)(F)F)c2)c1. The van der Waals surface area contributed by atoms with Gasteiger partial charge >= 0.3 is 16.3 Å². The molecule has 0 atom stereocenters. The van der Waals surface area contributed by atoms with Crippen molar-refractivity contribution in [3.63, 3.8) is 0 Å². The van der Waals surface area contributed by atoms with Crippen molar-refractivity contribution in [1.82, 2.24) is 0 Å². The van der Waals surface area contributed by atoms with Crippen molar-refractivity contribution in [2.75, 3.05) is 6.26 Å². The van der Waals surface area contributed by atoms with Crippen LogP contribution >= 0.6 is 11.6 Å². The van der Waals surface area contributed by atoms with Crippen LogP contribution in [0.2, 0.25) is 5.02 Å². The van der Waals surface area contributed by atoms with Crippen LogP contribution in [0.1, 0.15) is 5.56 Å². The fraction of sp³-hybridized carbons (Fsp3) is 0.143. The molecule has 0 amide bonds. The lowest BCUT2D eigenvalue weighted by Crippen LogP contribution is -2.12. The number of halogens is 4. The second-order valence-corrected chi connectivity index (χ2v) is 8.87. The van der Waals surface area contributed by atoms with Crippen molar-refractivity contribution in [1.29, 1.82) is 0 Å². The van der Waals surface area contributed by atoms with Crippen LogP contribution in [-0.4, -0.2) is 23.1 Å². The minimum atomic E-state index is -4.68. The Hall–Kier alpha value is -1.78. The minimum Gasteiger partial charge on any atom is -0.379 e. The fourth-order valence-electron chi connectivity index (χ4n) is 1.80. The summed E-state index contributed by atoms with van der Waals surface area (Å²) in [6, 6.07) is 6.16. The van der Waals surface area contributed by atoms with Gasteiger partial charge < -0.3 is 4.18 Å². The van der Waals surface area contributed by atoms with E-state index in [9.17, 15) is 30.0 Å². The van der Waals surface area contributed by atoms with E-state index >= 15 is 0 Å². The van der Waals surface area contributed by atoms with Crippen LogP contribution in [0.15, 0.2) is 52.3 Å². The van der Waals surface area contributed by atoms with E-state index in [4.69, 9.17) is 11.6 Å². The zero-order valence-electron chi connectivity index (χ0n) is 12.4. The first-order valence-corrected chi connectivity index (χ1v) is 10.1. The molecule has 0 N–H and O–H groups in total. The summed E-state index contributed by atoms with van der Waals surface area (Å²) < 4.78 is 90.3. The van der Waals surface area contributed by atoms with Gasteiger partial charge in [-0.1, -0.05) is 17.7 Å². The molecule has 0 bridgehead atoms. The molecule has 2 aromatic rings. The van der Waals surface area contributed by atoms with Crippen molar-refractivity contribution in [2.24, 2.45) is 0 Å². The highest BCUT2D eigenvalue weighted by atomic mass is 35.5. The normalized spacial score (nSPS) is 12.8. The monoisotopic (exact) mass is 414 g/mol. The molecule has 0 unspecified atom stereocenters. The van der Waals surface area contributed by atoms with Gasteiger partial charge in [0, 0.05) is 6.26 Å². The van der Waals surface area contributed by atoms with Gasteiger partial charge in [-0.25, -0.2) is 8.42 Å². The molecule has 25 heavy (non-hydrogen) atoms. The van der Waals surface area contributed by atoms with E-state index in [2.05, 4.69) is 4.18 Å².